The van der Waals surface area contributed by atoms with E-state index in [1.807, 2.05) is 6.92 Å². The second-order valence-electron chi connectivity index (χ2n) is 3.39. The zero-order valence-corrected chi connectivity index (χ0v) is 10.1. The molecule has 0 aromatic rings. The van der Waals surface area contributed by atoms with E-state index in [4.69, 9.17) is 4.74 Å². The molecule has 0 atom stereocenters. The maximum atomic E-state index is 11.8. The van der Waals surface area contributed by atoms with Gasteiger partial charge in [-0.1, -0.05) is 0 Å². The molecule has 0 aliphatic heterocycles. The second kappa shape index (κ2) is 8.30. The lowest BCUT2D eigenvalue weighted by Gasteiger charge is -2.21. The number of carbonyl (C=O) groups excluding carboxylic acids is 1. The quantitative estimate of drug-likeness (QED) is 0.659. The Kier molecular flexibility index (Phi) is 7.90. The molecule has 0 aromatic carbocycles. The Morgan fingerprint density at radius 1 is 1.35 bits per heavy atom. The number of halogens is 3. The number of hydrogen-bond donors (Lipinski definition) is 1. The fourth-order valence-corrected chi connectivity index (χ4v) is 1.20. The van der Waals surface area contributed by atoms with Crippen LogP contribution in [0.5, 0.6) is 0 Å². The number of alkyl halides is 3. The third-order valence-electron chi connectivity index (χ3n) is 2.05. The average molecular weight is 256 g/mol. The van der Waals surface area contributed by atoms with Crippen molar-refractivity contribution in [3.8, 4) is 0 Å². The van der Waals surface area contributed by atoms with E-state index in [2.05, 4.69) is 5.32 Å². The van der Waals surface area contributed by atoms with E-state index in [-0.39, 0.29) is 12.5 Å². The normalized spacial score (nSPS) is 11.6. The first-order chi connectivity index (χ1) is 7.90. The molecule has 0 radical (unpaired) electrons. The van der Waals surface area contributed by atoms with E-state index >= 15 is 0 Å². The molecule has 17 heavy (non-hydrogen) atoms. The van der Waals surface area contributed by atoms with Crippen LogP contribution in [0.2, 0.25) is 0 Å². The Morgan fingerprint density at radius 2 is 2.00 bits per heavy atom. The lowest BCUT2D eigenvalue weighted by atomic mass is 10.4. The van der Waals surface area contributed by atoms with Crippen molar-refractivity contribution in [2.45, 2.75) is 20.0 Å². The van der Waals surface area contributed by atoms with Gasteiger partial charge in [-0.3, -0.25) is 4.79 Å². The van der Waals surface area contributed by atoms with Gasteiger partial charge in [0.05, 0.1) is 19.7 Å². The van der Waals surface area contributed by atoms with Crippen molar-refractivity contribution < 1.29 is 22.7 Å². The van der Waals surface area contributed by atoms with Crippen LogP contribution in [0.4, 0.5) is 13.2 Å². The van der Waals surface area contributed by atoms with Crippen LogP contribution in [0.1, 0.15) is 13.8 Å². The van der Waals surface area contributed by atoms with Crippen molar-refractivity contribution in [1.82, 2.24) is 10.2 Å². The second-order valence-corrected chi connectivity index (χ2v) is 3.39. The standard InChI is InChI=1S/C10H19F3N2O2/c1-3-15(5-6-17-4-2)9(16)7-14-8-10(11,12)13/h14H,3-8H2,1-2H3. The van der Waals surface area contributed by atoms with Gasteiger partial charge >= 0.3 is 6.18 Å². The van der Waals surface area contributed by atoms with E-state index < -0.39 is 12.7 Å². The third-order valence-corrected chi connectivity index (χ3v) is 2.05. The summed E-state index contributed by atoms with van der Waals surface area (Å²) >= 11 is 0. The Morgan fingerprint density at radius 3 is 2.47 bits per heavy atom. The molecule has 0 spiro atoms. The minimum Gasteiger partial charge on any atom is -0.380 e. The van der Waals surface area contributed by atoms with Crippen LogP contribution in [0.15, 0.2) is 0 Å². The molecular weight excluding hydrogens is 237 g/mol. The molecule has 0 aliphatic rings. The van der Waals surface area contributed by atoms with E-state index in [9.17, 15) is 18.0 Å². The van der Waals surface area contributed by atoms with Crippen LogP contribution < -0.4 is 5.32 Å². The number of nitrogens with one attached hydrogen (secondary N) is 1. The number of nitrogens with zero attached hydrogens (tertiary/aromatic N) is 1. The summed E-state index contributed by atoms with van der Waals surface area (Å²) in [7, 11) is 0. The molecule has 0 heterocycles. The maximum Gasteiger partial charge on any atom is 0.401 e. The fourth-order valence-electron chi connectivity index (χ4n) is 1.20. The summed E-state index contributed by atoms with van der Waals surface area (Å²) in [6, 6.07) is 0. The minimum absolute atomic E-state index is 0.306. The Bertz CT molecular complexity index is 222. The van der Waals surface area contributed by atoms with E-state index in [1.165, 1.54) is 4.90 Å². The zero-order chi connectivity index (χ0) is 13.3. The van der Waals surface area contributed by atoms with Crippen molar-refractivity contribution in [2.75, 3.05) is 39.4 Å². The summed E-state index contributed by atoms with van der Waals surface area (Å²) in [6.07, 6.45) is -4.29. The van der Waals surface area contributed by atoms with Gasteiger partial charge in [0.15, 0.2) is 0 Å². The third kappa shape index (κ3) is 8.93. The summed E-state index contributed by atoms with van der Waals surface area (Å²) in [4.78, 5) is 13.0. The number of ether oxygens (including phenoxy) is 1. The van der Waals surface area contributed by atoms with Gasteiger partial charge < -0.3 is 15.0 Å². The Hall–Kier alpha value is -0.820. The van der Waals surface area contributed by atoms with Gasteiger partial charge in [-0.2, -0.15) is 13.2 Å². The monoisotopic (exact) mass is 256 g/mol. The molecule has 0 aromatic heterocycles. The molecule has 4 nitrogen and oxygen atoms in total. The highest BCUT2D eigenvalue weighted by Gasteiger charge is 2.26. The van der Waals surface area contributed by atoms with Crippen LogP contribution in [0.3, 0.4) is 0 Å². The molecule has 0 rings (SSSR count). The van der Waals surface area contributed by atoms with Gasteiger partial charge in [-0.25, -0.2) is 0 Å². The predicted molar refractivity (Wildman–Crippen MR) is 57.7 cm³/mol. The highest BCUT2D eigenvalue weighted by atomic mass is 19.4. The number of likely N-dealkylation sites (N-methyl/N-ethyl adjacent to an activating group) is 1. The van der Waals surface area contributed by atoms with Gasteiger partial charge in [-0.15, -0.1) is 0 Å². The van der Waals surface area contributed by atoms with Gasteiger partial charge in [0.25, 0.3) is 0 Å². The van der Waals surface area contributed by atoms with Crippen molar-refractivity contribution in [1.29, 1.82) is 0 Å². The smallest absolute Gasteiger partial charge is 0.380 e. The molecule has 0 bridgehead atoms. The minimum atomic E-state index is -4.29. The van der Waals surface area contributed by atoms with Gasteiger partial charge in [0.2, 0.25) is 5.91 Å². The summed E-state index contributed by atoms with van der Waals surface area (Å²) in [5.74, 6) is -0.351. The van der Waals surface area contributed by atoms with Gasteiger partial charge in [0.1, 0.15) is 0 Å². The molecule has 1 N–H and O–H groups in total. The van der Waals surface area contributed by atoms with Crippen molar-refractivity contribution >= 4 is 5.91 Å². The number of amides is 1. The van der Waals surface area contributed by atoms with Crippen LogP contribution >= 0.6 is 0 Å². The highest BCUT2D eigenvalue weighted by Crippen LogP contribution is 2.11. The summed E-state index contributed by atoms with van der Waals surface area (Å²) in [5, 5.41) is 2.07. The first kappa shape index (κ1) is 16.2. The number of hydrogen-bond acceptors (Lipinski definition) is 3. The molecule has 102 valence electrons. The molecular formula is C10H19F3N2O2. The van der Waals surface area contributed by atoms with Crippen molar-refractivity contribution in [2.24, 2.45) is 0 Å². The maximum absolute atomic E-state index is 11.8. The van der Waals surface area contributed by atoms with E-state index in [0.717, 1.165) is 0 Å². The molecule has 0 fully saturated rings. The van der Waals surface area contributed by atoms with Crippen LogP contribution in [-0.4, -0.2) is 56.4 Å². The molecule has 0 saturated carbocycles. The lowest BCUT2D eigenvalue weighted by Crippen LogP contribution is -2.42. The summed E-state index contributed by atoms with van der Waals surface area (Å²) in [5.41, 5.74) is 0. The van der Waals surface area contributed by atoms with Gasteiger partial charge in [0, 0.05) is 19.7 Å². The lowest BCUT2D eigenvalue weighted by molar-refractivity contribution is -0.134. The molecule has 0 aliphatic carbocycles. The first-order valence-corrected chi connectivity index (χ1v) is 5.53. The van der Waals surface area contributed by atoms with E-state index in [1.54, 1.807) is 6.92 Å². The fraction of sp³-hybridized carbons (Fsp3) is 0.900. The van der Waals surface area contributed by atoms with Crippen LogP contribution in [0, 0.1) is 0 Å². The number of carbonyl (C=O) groups is 1. The largest absolute Gasteiger partial charge is 0.401 e. The highest BCUT2D eigenvalue weighted by molar-refractivity contribution is 5.78. The predicted octanol–water partition coefficient (Wildman–Crippen LogP) is 1.02. The first-order valence-electron chi connectivity index (χ1n) is 5.53. The Labute approximate surface area is 99.1 Å². The molecule has 0 unspecified atom stereocenters. The SMILES string of the molecule is CCOCCN(CC)C(=O)CNCC(F)(F)F. The summed E-state index contributed by atoms with van der Waals surface area (Å²) in [6.45, 7) is 3.96. The molecule has 7 heteroatoms. The topological polar surface area (TPSA) is 41.6 Å². The summed E-state index contributed by atoms with van der Waals surface area (Å²) < 4.78 is 40.6. The van der Waals surface area contributed by atoms with Gasteiger partial charge in [-0.05, 0) is 13.8 Å². The molecule has 1 amide bonds. The number of rotatable bonds is 8. The van der Waals surface area contributed by atoms with Crippen LogP contribution in [-0.2, 0) is 9.53 Å². The van der Waals surface area contributed by atoms with Crippen molar-refractivity contribution in [3.05, 3.63) is 0 Å². The van der Waals surface area contributed by atoms with Crippen molar-refractivity contribution in [3.63, 3.8) is 0 Å². The Balaban J connectivity index is 3.84. The molecule has 0 saturated heterocycles. The van der Waals surface area contributed by atoms with Crippen LogP contribution in [0.25, 0.3) is 0 Å². The average Bonchev–Trinajstić information content (AvgIpc) is 2.22. The van der Waals surface area contributed by atoms with E-state index in [0.29, 0.717) is 26.3 Å². The zero-order valence-electron chi connectivity index (χ0n) is 10.1.